The average molecular weight is 349 g/mol. The Morgan fingerprint density at radius 1 is 1.08 bits per heavy atom. The van der Waals surface area contributed by atoms with E-state index in [9.17, 15) is 18.4 Å². The molecule has 6 heteroatoms. The highest BCUT2D eigenvalue weighted by atomic mass is 19.1. The summed E-state index contributed by atoms with van der Waals surface area (Å²) in [4.78, 5) is 26.0. The van der Waals surface area contributed by atoms with E-state index in [0.29, 0.717) is 45.2 Å². The van der Waals surface area contributed by atoms with E-state index in [1.807, 2.05) is 0 Å². The molecule has 1 aromatic carbocycles. The molecule has 1 spiro atoms. The molecule has 3 aliphatic rings. The molecular formula is C19H21F2NO3. The fourth-order valence-electron chi connectivity index (χ4n) is 4.76. The van der Waals surface area contributed by atoms with Crippen LogP contribution in [0.1, 0.15) is 44.1 Å². The number of amides is 1. The number of piperidine rings is 1. The van der Waals surface area contributed by atoms with Crippen LogP contribution >= 0.6 is 0 Å². The Morgan fingerprint density at radius 2 is 1.68 bits per heavy atom. The smallest absolute Gasteiger partial charge is 0.307 e. The second kappa shape index (κ2) is 5.51. The molecule has 1 atom stereocenters. The molecule has 4 rings (SSSR count). The highest BCUT2D eigenvalue weighted by Crippen LogP contribution is 2.60. The Hall–Kier alpha value is -1.98. The van der Waals surface area contributed by atoms with E-state index in [4.69, 9.17) is 5.11 Å². The van der Waals surface area contributed by atoms with Gasteiger partial charge in [0.2, 0.25) is 5.91 Å². The van der Waals surface area contributed by atoms with Crippen LogP contribution < -0.4 is 0 Å². The summed E-state index contributed by atoms with van der Waals surface area (Å²) >= 11 is 0. The van der Waals surface area contributed by atoms with Crippen molar-refractivity contribution in [3.8, 4) is 0 Å². The molecule has 4 nitrogen and oxygen atoms in total. The molecule has 1 amide bonds. The number of carbonyl (C=O) groups excluding carboxylic acids is 1. The van der Waals surface area contributed by atoms with Gasteiger partial charge in [0.1, 0.15) is 11.6 Å². The monoisotopic (exact) mass is 349 g/mol. The van der Waals surface area contributed by atoms with Gasteiger partial charge in [-0.1, -0.05) is 12.5 Å². The second-order valence-corrected chi connectivity index (χ2v) is 7.78. The van der Waals surface area contributed by atoms with Crippen LogP contribution in [0.25, 0.3) is 0 Å². The molecule has 25 heavy (non-hydrogen) atoms. The largest absolute Gasteiger partial charge is 0.481 e. The first-order valence-corrected chi connectivity index (χ1v) is 8.86. The lowest BCUT2D eigenvalue weighted by molar-refractivity contribution is -0.143. The van der Waals surface area contributed by atoms with Crippen molar-refractivity contribution in [2.75, 3.05) is 13.1 Å². The Balaban J connectivity index is 1.54. The number of benzene rings is 1. The van der Waals surface area contributed by atoms with Gasteiger partial charge >= 0.3 is 5.97 Å². The standard InChI is InChI=1S/C19H21F2NO3/c20-13-3-1-4-14(21)15(13)19(5-2-6-19)17(25)22-9-7-18(8-10-22)11-12(18)16(23)24/h1,3-4,12H,2,5-11H2,(H,23,24). The van der Waals surface area contributed by atoms with Crippen LogP contribution in [0.4, 0.5) is 8.78 Å². The number of carboxylic acid groups (broad SMARTS) is 1. The quantitative estimate of drug-likeness (QED) is 0.912. The van der Waals surface area contributed by atoms with Crippen LogP contribution in [-0.2, 0) is 15.0 Å². The number of hydrogen-bond donors (Lipinski definition) is 1. The fraction of sp³-hybridized carbons (Fsp3) is 0.579. The van der Waals surface area contributed by atoms with Crippen LogP contribution in [0, 0.1) is 23.0 Å². The normalized spacial score (nSPS) is 26.2. The van der Waals surface area contributed by atoms with Gasteiger partial charge in [0.25, 0.3) is 0 Å². The summed E-state index contributed by atoms with van der Waals surface area (Å²) in [6.45, 7) is 0.945. The van der Waals surface area contributed by atoms with Gasteiger partial charge in [-0.3, -0.25) is 9.59 Å². The van der Waals surface area contributed by atoms with Gasteiger partial charge in [0, 0.05) is 18.7 Å². The van der Waals surface area contributed by atoms with Crippen molar-refractivity contribution in [3.63, 3.8) is 0 Å². The fourth-order valence-corrected chi connectivity index (χ4v) is 4.76. The Morgan fingerprint density at radius 3 is 2.12 bits per heavy atom. The number of likely N-dealkylation sites (tertiary alicyclic amines) is 1. The van der Waals surface area contributed by atoms with Crippen molar-refractivity contribution in [1.82, 2.24) is 4.90 Å². The van der Waals surface area contributed by atoms with Crippen molar-refractivity contribution in [1.29, 1.82) is 0 Å². The summed E-state index contributed by atoms with van der Waals surface area (Å²) < 4.78 is 28.6. The summed E-state index contributed by atoms with van der Waals surface area (Å²) in [6, 6.07) is 3.73. The van der Waals surface area contributed by atoms with E-state index in [1.54, 1.807) is 4.90 Å². The van der Waals surface area contributed by atoms with Gasteiger partial charge in [0.05, 0.1) is 11.3 Å². The average Bonchev–Trinajstić information content (AvgIpc) is 3.23. The van der Waals surface area contributed by atoms with E-state index in [1.165, 1.54) is 18.2 Å². The summed E-state index contributed by atoms with van der Waals surface area (Å²) in [5.74, 6) is -2.58. The van der Waals surface area contributed by atoms with Gasteiger partial charge in [-0.05, 0) is 49.7 Å². The highest BCUT2D eigenvalue weighted by Gasteiger charge is 2.60. The zero-order valence-electron chi connectivity index (χ0n) is 13.9. The third-order valence-electron chi connectivity index (χ3n) is 6.59. The number of carbonyl (C=O) groups is 2. The van der Waals surface area contributed by atoms with Gasteiger partial charge in [-0.15, -0.1) is 0 Å². The number of rotatable bonds is 3. The molecular weight excluding hydrogens is 328 g/mol. The first-order valence-electron chi connectivity index (χ1n) is 8.86. The predicted octanol–water partition coefficient (Wildman–Crippen LogP) is 3.10. The molecule has 1 aromatic rings. The molecule has 1 heterocycles. The SMILES string of the molecule is O=C(O)C1CC12CCN(C(=O)C1(c3c(F)cccc3F)CCC1)CC2. The van der Waals surface area contributed by atoms with Crippen LogP contribution in [-0.4, -0.2) is 35.0 Å². The lowest BCUT2D eigenvalue weighted by atomic mass is 9.63. The number of nitrogens with zero attached hydrogens (tertiary/aromatic N) is 1. The Bertz CT molecular complexity index is 716. The molecule has 3 fully saturated rings. The molecule has 134 valence electrons. The number of halogens is 2. The minimum absolute atomic E-state index is 0.0960. The maximum Gasteiger partial charge on any atom is 0.307 e. The van der Waals surface area contributed by atoms with Crippen LogP contribution in [0.2, 0.25) is 0 Å². The van der Waals surface area contributed by atoms with Crippen molar-refractivity contribution >= 4 is 11.9 Å². The third kappa shape index (κ3) is 2.37. The molecule has 1 unspecified atom stereocenters. The van der Waals surface area contributed by atoms with Crippen LogP contribution in [0.15, 0.2) is 18.2 Å². The van der Waals surface area contributed by atoms with Crippen molar-refractivity contribution in [2.45, 2.75) is 43.9 Å². The summed E-state index contributed by atoms with van der Waals surface area (Å²) in [5.41, 5.74) is -1.35. The van der Waals surface area contributed by atoms with Crippen LogP contribution in [0.5, 0.6) is 0 Å². The molecule has 2 saturated carbocycles. The maximum absolute atomic E-state index is 14.3. The predicted molar refractivity (Wildman–Crippen MR) is 85.9 cm³/mol. The number of hydrogen-bond acceptors (Lipinski definition) is 2. The van der Waals surface area contributed by atoms with E-state index in [-0.39, 0.29) is 22.8 Å². The van der Waals surface area contributed by atoms with Gasteiger partial charge < -0.3 is 10.0 Å². The minimum Gasteiger partial charge on any atom is -0.481 e. The zero-order valence-corrected chi connectivity index (χ0v) is 13.9. The molecule has 0 aromatic heterocycles. The molecule has 1 aliphatic heterocycles. The van der Waals surface area contributed by atoms with Gasteiger partial charge in [0.15, 0.2) is 0 Å². The Kier molecular flexibility index (Phi) is 3.63. The zero-order chi connectivity index (χ0) is 17.8. The van der Waals surface area contributed by atoms with Gasteiger partial charge in [-0.2, -0.15) is 0 Å². The van der Waals surface area contributed by atoms with Crippen molar-refractivity contribution < 1.29 is 23.5 Å². The molecule has 1 saturated heterocycles. The van der Waals surface area contributed by atoms with Gasteiger partial charge in [-0.25, -0.2) is 8.78 Å². The molecule has 0 radical (unpaired) electrons. The highest BCUT2D eigenvalue weighted by molar-refractivity contribution is 5.89. The molecule has 2 aliphatic carbocycles. The van der Waals surface area contributed by atoms with E-state index < -0.39 is 23.0 Å². The molecule has 0 bridgehead atoms. The second-order valence-electron chi connectivity index (χ2n) is 7.78. The van der Waals surface area contributed by atoms with Crippen molar-refractivity contribution in [2.24, 2.45) is 11.3 Å². The first kappa shape index (κ1) is 16.5. The topological polar surface area (TPSA) is 57.6 Å². The Labute approximate surface area is 144 Å². The minimum atomic E-state index is -1.09. The lowest BCUT2D eigenvalue weighted by Gasteiger charge is -2.46. The number of carboxylic acids is 1. The number of aliphatic carboxylic acids is 1. The summed E-state index contributed by atoms with van der Waals surface area (Å²) in [5, 5.41) is 9.17. The van der Waals surface area contributed by atoms with E-state index in [2.05, 4.69) is 0 Å². The van der Waals surface area contributed by atoms with E-state index >= 15 is 0 Å². The van der Waals surface area contributed by atoms with Crippen molar-refractivity contribution in [3.05, 3.63) is 35.4 Å². The van der Waals surface area contributed by atoms with E-state index in [0.717, 1.165) is 6.42 Å². The maximum atomic E-state index is 14.3. The summed E-state index contributed by atoms with van der Waals surface area (Å²) in [7, 11) is 0. The lowest BCUT2D eigenvalue weighted by Crippen LogP contribution is -2.54. The first-order chi connectivity index (χ1) is 11.9. The summed E-state index contributed by atoms with van der Waals surface area (Å²) in [6.07, 6.45) is 3.69. The van der Waals surface area contributed by atoms with Crippen LogP contribution in [0.3, 0.4) is 0 Å². The molecule has 1 N–H and O–H groups in total. The third-order valence-corrected chi connectivity index (χ3v) is 6.59.